The van der Waals surface area contributed by atoms with Crippen molar-refractivity contribution in [3.63, 3.8) is 0 Å². The highest BCUT2D eigenvalue weighted by atomic mass is 32.2. The molecule has 5 nitrogen and oxygen atoms in total. The first-order valence-corrected chi connectivity index (χ1v) is 11.3. The van der Waals surface area contributed by atoms with Crippen molar-refractivity contribution in [2.24, 2.45) is 0 Å². The molecule has 1 amide bonds. The molecule has 0 spiro atoms. The first-order valence-electron chi connectivity index (χ1n) is 9.83. The van der Waals surface area contributed by atoms with Crippen LogP contribution in [-0.2, 0) is 10.0 Å². The Balaban J connectivity index is 1.76. The largest absolute Gasteiger partial charge is 0.346 e. The topological polar surface area (TPSA) is 66.5 Å². The zero-order chi connectivity index (χ0) is 20.1. The number of nitrogens with zero attached hydrogens (tertiary/aromatic N) is 1. The van der Waals surface area contributed by atoms with Crippen LogP contribution in [0.4, 0.5) is 0 Å². The van der Waals surface area contributed by atoms with Crippen molar-refractivity contribution in [3.8, 4) is 0 Å². The average Bonchev–Trinajstić information content (AvgIpc) is 2.74. The molecule has 1 aliphatic rings. The number of hydrogen-bond acceptors (Lipinski definition) is 3. The Morgan fingerprint density at radius 3 is 2.39 bits per heavy atom. The number of rotatable bonds is 6. The van der Waals surface area contributed by atoms with E-state index in [9.17, 15) is 13.2 Å². The Hall–Kier alpha value is -2.18. The lowest BCUT2D eigenvalue weighted by Crippen LogP contribution is -2.38. The van der Waals surface area contributed by atoms with Crippen molar-refractivity contribution in [3.05, 3.63) is 65.7 Å². The smallest absolute Gasteiger partial charge is 0.251 e. The van der Waals surface area contributed by atoms with Gasteiger partial charge in [0.1, 0.15) is 0 Å². The summed E-state index contributed by atoms with van der Waals surface area (Å²) in [7, 11) is -1.97. The minimum absolute atomic E-state index is 0.0364. The highest BCUT2D eigenvalue weighted by molar-refractivity contribution is 7.89. The van der Waals surface area contributed by atoms with Crippen molar-refractivity contribution in [2.45, 2.75) is 56.0 Å². The van der Waals surface area contributed by atoms with Gasteiger partial charge < -0.3 is 5.32 Å². The van der Waals surface area contributed by atoms with Crippen molar-refractivity contribution in [2.75, 3.05) is 7.05 Å². The van der Waals surface area contributed by atoms with Crippen molar-refractivity contribution >= 4 is 15.9 Å². The lowest BCUT2D eigenvalue weighted by atomic mass is 9.96. The summed E-state index contributed by atoms with van der Waals surface area (Å²) in [6.45, 7) is 1.91. The normalized spacial score (nSPS) is 16.7. The Morgan fingerprint density at radius 2 is 1.71 bits per heavy atom. The van der Waals surface area contributed by atoms with E-state index in [4.69, 9.17) is 0 Å². The number of benzene rings is 2. The summed E-state index contributed by atoms with van der Waals surface area (Å²) in [5, 5.41) is 2.94. The number of carbonyl (C=O) groups excluding carboxylic acids is 1. The first kappa shape index (κ1) is 20.6. The molecule has 0 radical (unpaired) electrons. The summed E-state index contributed by atoms with van der Waals surface area (Å²) in [6, 6.07) is 15.8. The monoisotopic (exact) mass is 400 g/mol. The Labute approximate surface area is 167 Å². The molecule has 0 aromatic heterocycles. The zero-order valence-electron chi connectivity index (χ0n) is 16.5. The van der Waals surface area contributed by atoms with E-state index >= 15 is 0 Å². The maximum absolute atomic E-state index is 13.0. The summed E-state index contributed by atoms with van der Waals surface area (Å²) in [5.41, 5.74) is 1.34. The molecule has 3 rings (SSSR count). The Kier molecular flexibility index (Phi) is 6.52. The van der Waals surface area contributed by atoms with Crippen LogP contribution in [0.15, 0.2) is 59.5 Å². The average molecular weight is 401 g/mol. The SMILES string of the molecule is CC(NC(=O)c1cccc(S(=O)(=O)N(C)C2CCCCC2)c1)c1ccccc1. The van der Waals surface area contributed by atoms with E-state index in [1.807, 2.05) is 37.3 Å². The second kappa shape index (κ2) is 8.88. The molecule has 0 saturated heterocycles. The molecule has 1 atom stereocenters. The number of hydrogen-bond donors (Lipinski definition) is 1. The molecule has 0 heterocycles. The van der Waals surface area contributed by atoms with E-state index < -0.39 is 10.0 Å². The van der Waals surface area contributed by atoms with Gasteiger partial charge in [-0.2, -0.15) is 4.31 Å². The highest BCUT2D eigenvalue weighted by Crippen LogP contribution is 2.27. The predicted molar refractivity (Wildman–Crippen MR) is 111 cm³/mol. The molecular weight excluding hydrogens is 372 g/mol. The van der Waals surface area contributed by atoms with E-state index in [-0.39, 0.29) is 22.9 Å². The van der Waals surface area contributed by atoms with E-state index in [0.717, 1.165) is 31.2 Å². The fourth-order valence-corrected chi connectivity index (χ4v) is 5.17. The van der Waals surface area contributed by atoms with Gasteiger partial charge in [0, 0.05) is 18.7 Å². The molecule has 1 saturated carbocycles. The van der Waals surface area contributed by atoms with Gasteiger partial charge in [-0.05, 0) is 43.5 Å². The standard InChI is InChI=1S/C22H28N2O3S/c1-17(18-10-5-3-6-11-18)23-22(25)19-12-9-15-21(16-19)28(26,27)24(2)20-13-7-4-8-14-20/h3,5-6,9-12,15-17,20H,4,7-8,13-14H2,1-2H3,(H,23,25). The van der Waals surface area contributed by atoms with E-state index in [2.05, 4.69) is 5.32 Å². The molecule has 150 valence electrons. The van der Waals surface area contributed by atoms with Gasteiger partial charge in [0.2, 0.25) is 10.0 Å². The summed E-state index contributed by atoms with van der Waals surface area (Å²) >= 11 is 0. The molecule has 2 aromatic carbocycles. The predicted octanol–water partition coefficient (Wildman–Crippen LogP) is 4.13. The molecule has 1 aliphatic carbocycles. The van der Waals surface area contributed by atoms with Crippen LogP contribution in [0.3, 0.4) is 0 Å². The second-order valence-electron chi connectivity index (χ2n) is 7.45. The number of carbonyl (C=O) groups is 1. The highest BCUT2D eigenvalue weighted by Gasteiger charge is 2.29. The van der Waals surface area contributed by atoms with Gasteiger partial charge in [-0.25, -0.2) is 8.42 Å². The number of sulfonamides is 1. The fourth-order valence-electron chi connectivity index (χ4n) is 3.71. The van der Waals surface area contributed by atoms with Gasteiger partial charge in [0.25, 0.3) is 5.91 Å². The van der Waals surface area contributed by atoms with Gasteiger partial charge in [0.05, 0.1) is 10.9 Å². The van der Waals surface area contributed by atoms with Crippen LogP contribution in [0.2, 0.25) is 0 Å². The maximum atomic E-state index is 13.0. The molecule has 1 fully saturated rings. The van der Waals surface area contributed by atoms with Crippen LogP contribution in [0.5, 0.6) is 0 Å². The Morgan fingerprint density at radius 1 is 1.04 bits per heavy atom. The van der Waals surface area contributed by atoms with Gasteiger partial charge in [-0.1, -0.05) is 55.7 Å². The molecule has 28 heavy (non-hydrogen) atoms. The molecule has 0 aliphatic heterocycles. The van der Waals surface area contributed by atoms with E-state index in [1.54, 1.807) is 25.2 Å². The van der Waals surface area contributed by atoms with Crippen molar-refractivity contribution < 1.29 is 13.2 Å². The summed E-state index contributed by atoms with van der Waals surface area (Å²) in [4.78, 5) is 12.8. The van der Waals surface area contributed by atoms with Crippen LogP contribution in [0, 0.1) is 0 Å². The third-order valence-corrected chi connectivity index (χ3v) is 7.42. The first-order chi connectivity index (χ1) is 13.4. The minimum atomic E-state index is -3.62. The van der Waals surface area contributed by atoms with Crippen molar-refractivity contribution in [1.29, 1.82) is 0 Å². The number of amides is 1. The molecule has 1 N–H and O–H groups in total. The third-order valence-electron chi connectivity index (χ3n) is 5.51. The lowest BCUT2D eigenvalue weighted by Gasteiger charge is -2.30. The second-order valence-corrected chi connectivity index (χ2v) is 9.44. The van der Waals surface area contributed by atoms with Gasteiger partial charge in [0.15, 0.2) is 0 Å². The van der Waals surface area contributed by atoms with Gasteiger partial charge in [-0.3, -0.25) is 4.79 Å². The molecule has 6 heteroatoms. The van der Waals surface area contributed by atoms with Crippen LogP contribution < -0.4 is 5.32 Å². The maximum Gasteiger partial charge on any atom is 0.251 e. The van der Waals surface area contributed by atoms with E-state index in [1.165, 1.54) is 16.8 Å². The van der Waals surface area contributed by atoms with Crippen LogP contribution in [-0.4, -0.2) is 31.7 Å². The van der Waals surface area contributed by atoms with Gasteiger partial charge in [-0.15, -0.1) is 0 Å². The quantitative estimate of drug-likeness (QED) is 0.793. The van der Waals surface area contributed by atoms with Crippen LogP contribution in [0.25, 0.3) is 0 Å². The van der Waals surface area contributed by atoms with Crippen LogP contribution in [0.1, 0.15) is 61.0 Å². The van der Waals surface area contributed by atoms with Crippen LogP contribution >= 0.6 is 0 Å². The molecular formula is C22H28N2O3S. The number of nitrogens with one attached hydrogen (secondary N) is 1. The fraction of sp³-hybridized carbons (Fsp3) is 0.409. The summed E-state index contributed by atoms with van der Waals surface area (Å²) in [5.74, 6) is -0.284. The van der Waals surface area contributed by atoms with Crippen molar-refractivity contribution in [1.82, 2.24) is 9.62 Å². The molecule has 0 bridgehead atoms. The summed E-state index contributed by atoms with van der Waals surface area (Å²) in [6.07, 6.45) is 5.07. The lowest BCUT2D eigenvalue weighted by molar-refractivity contribution is 0.0939. The Bertz CT molecular complexity index is 906. The molecule has 1 unspecified atom stereocenters. The van der Waals surface area contributed by atoms with Gasteiger partial charge >= 0.3 is 0 Å². The zero-order valence-corrected chi connectivity index (χ0v) is 17.3. The van der Waals surface area contributed by atoms with E-state index in [0.29, 0.717) is 5.56 Å². The third kappa shape index (κ3) is 4.62. The molecule has 2 aromatic rings. The summed E-state index contributed by atoms with van der Waals surface area (Å²) < 4.78 is 27.6. The minimum Gasteiger partial charge on any atom is -0.346 e.